The van der Waals surface area contributed by atoms with Crippen LogP contribution in [0.4, 0.5) is 5.69 Å². The number of hydrogen-bond donors (Lipinski definition) is 1. The highest BCUT2D eigenvalue weighted by molar-refractivity contribution is 9.10. The zero-order valence-corrected chi connectivity index (χ0v) is 11.7. The van der Waals surface area contributed by atoms with Crippen LogP contribution in [0.2, 0.25) is 0 Å². The van der Waals surface area contributed by atoms with Crippen molar-refractivity contribution in [3.63, 3.8) is 0 Å². The second-order valence-corrected chi connectivity index (χ2v) is 4.99. The summed E-state index contributed by atoms with van der Waals surface area (Å²) in [5.41, 5.74) is 6.87. The monoisotopic (exact) mass is 296 g/mol. The fraction of sp³-hybridized carbons (Fsp3) is 0.308. The van der Waals surface area contributed by atoms with Crippen molar-refractivity contribution in [3.8, 4) is 0 Å². The Labute approximate surface area is 110 Å². The maximum atomic E-state index is 12.3. The molecule has 1 aromatic carbocycles. The second kappa shape index (κ2) is 5.87. The van der Waals surface area contributed by atoms with Gasteiger partial charge in [-0.25, -0.2) is 0 Å². The summed E-state index contributed by atoms with van der Waals surface area (Å²) in [4.78, 5) is 14.0. The topological polar surface area (TPSA) is 46.3 Å². The van der Waals surface area contributed by atoms with Gasteiger partial charge in [-0.2, -0.15) is 0 Å². The molecule has 1 aromatic rings. The molecule has 1 amide bonds. The maximum Gasteiger partial charge on any atom is 0.256 e. The largest absolute Gasteiger partial charge is 0.398 e. The minimum atomic E-state index is -0.0649. The fourth-order valence-corrected chi connectivity index (χ4v) is 1.93. The lowest BCUT2D eigenvalue weighted by Crippen LogP contribution is -2.37. The smallest absolute Gasteiger partial charge is 0.256 e. The van der Waals surface area contributed by atoms with Crippen molar-refractivity contribution in [2.75, 3.05) is 12.3 Å². The highest BCUT2D eigenvalue weighted by atomic mass is 79.9. The highest BCUT2D eigenvalue weighted by Crippen LogP contribution is 2.20. The number of benzene rings is 1. The molecule has 0 unspecified atom stereocenters. The molecule has 0 aromatic heterocycles. The molecule has 0 spiro atoms. The molecule has 2 N–H and O–H groups in total. The Hall–Kier alpha value is -1.29. The molecular formula is C13H17BrN2O. The molecular weight excluding hydrogens is 280 g/mol. The van der Waals surface area contributed by atoms with E-state index in [4.69, 9.17) is 5.73 Å². The molecule has 92 valence electrons. The molecule has 1 rings (SSSR count). The van der Waals surface area contributed by atoms with Gasteiger partial charge in [0, 0.05) is 22.7 Å². The van der Waals surface area contributed by atoms with E-state index in [1.807, 2.05) is 19.9 Å². The minimum Gasteiger partial charge on any atom is -0.398 e. The van der Waals surface area contributed by atoms with Crippen molar-refractivity contribution in [1.82, 2.24) is 4.90 Å². The Balaban J connectivity index is 3.05. The molecule has 4 heteroatoms. The van der Waals surface area contributed by atoms with Gasteiger partial charge in [-0.15, -0.1) is 6.58 Å². The Morgan fingerprint density at radius 2 is 2.24 bits per heavy atom. The number of halogens is 1. The molecule has 0 radical (unpaired) electrons. The lowest BCUT2D eigenvalue weighted by molar-refractivity contribution is 0.0730. The van der Waals surface area contributed by atoms with Crippen LogP contribution in [-0.4, -0.2) is 23.4 Å². The van der Waals surface area contributed by atoms with Gasteiger partial charge in [-0.1, -0.05) is 22.0 Å². The molecule has 0 aliphatic carbocycles. The lowest BCUT2D eigenvalue weighted by Gasteiger charge is -2.26. The predicted molar refractivity (Wildman–Crippen MR) is 74.9 cm³/mol. The van der Waals surface area contributed by atoms with Crippen LogP contribution < -0.4 is 5.73 Å². The Bertz CT molecular complexity index is 429. The number of carbonyl (C=O) groups excluding carboxylic acids is 1. The number of nitrogens with two attached hydrogens (primary N) is 1. The van der Waals surface area contributed by atoms with Crippen LogP contribution in [-0.2, 0) is 0 Å². The molecule has 0 aliphatic heterocycles. The van der Waals surface area contributed by atoms with Gasteiger partial charge < -0.3 is 10.6 Å². The summed E-state index contributed by atoms with van der Waals surface area (Å²) >= 11 is 3.32. The number of carbonyl (C=O) groups is 1. The summed E-state index contributed by atoms with van der Waals surface area (Å²) in [5.74, 6) is -0.0649. The minimum absolute atomic E-state index is 0.0649. The quantitative estimate of drug-likeness (QED) is 0.686. The van der Waals surface area contributed by atoms with Crippen molar-refractivity contribution in [2.45, 2.75) is 19.9 Å². The molecule has 17 heavy (non-hydrogen) atoms. The van der Waals surface area contributed by atoms with E-state index < -0.39 is 0 Å². The first kappa shape index (κ1) is 13.8. The van der Waals surface area contributed by atoms with Gasteiger partial charge in [0.05, 0.1) is 5.56 Å². The average Bonchev–Trinajstić information content (AvgIpc) is 2.24. The maximum absolute atomic E-state index is 12.3. The first-order valence-corrected chi connectivity index (χ1v) is 6.23. The predicted octanol–water partition coefficient (Wildman–Crippen LogP) is 3.07. The zero-order chi connectivity index (χ0) is 13.0. The number of nitrogen functional groups attached to an aromatic ring is 1. The van der Waals surface area contributed by atoms with E-state index >= 15 is 0 Å². The van der Waals surface area contributed by atoms with Crippen LogP contribution in [0, 0.1) is 0 Å². The van der Waals surface area contributed by atoms with Crippen LogP contribution in [0.3, 0.4) is 0 Å². The summed E-state index contributed by atoms with van der Waals surface area (Å²) in [6, 6.07) is 5.40. The standard InChI is InChI=1S/C13H17BrN2O/c1-4-7-16(9(2)3)13(17)11-6-5-10(14)8-12(11)15/h4-6,8-9H,1,7,15H2,2-3H3. The zero-order valence-electron chi connectivity index (χ0n) is 10.1. The van der Waals surface area contributed by atoms with Crippen molar-refractivity contribution < 1.29 is 4.79 Å². The van der Waals surface area contributed by atoms with Crippen LogP contribution in [0.25, 0.3) is 0 Å². The van der Waals surface area contributed by atoms with Crippen molar-refractivity contribution >= 4 is 27.5 Å². The molecule has 0 saturated heterocycles. The van der Waals surface area contributed by atoms with Gasteiger partial charge in [0.1, 0.15) is 0 Å². The Morgan fingerprint density at radius 3 is 2.71 bits per heavy atom. The van der Waals surface area contributed by atoms with Crippen LogP contribution in [0.1, 0.15) is 24.2 Å². The molecule has 0 aliphatic rings. The number of nitrogens with zero attached hydrogens (tertiary/aromatic N) is 1. The molecule has 3 nitrogen and oxygen atoms in total. The Kier molecular flexibility index (Phi) is 4.75. The number of anilines is 1. The molecule has 0 heterocycles. The molecule has 0 atom stereocenters. The van der Waals surface area contributed by atoms with E-state index in [0.29, 0.717) is 17.8 Å². The van der Waals surface area contributed by atoms with E-state index in [-0.39, 0.29) is 11.9 Å². The summed E-state index contributed by atoms with van der Waals surface area (Å²) in [6.07, 6.45) is 1.72. The first-order valence-electron chi connectivity index (χ1n) is 5.44. The summed E-state index contributed by atoms with van der Waals surface area (Å²) in [7, 11) is 0. The number of amides is 1. The molecule has 0 saturated carbocycles. The van der Waals surface area contributed by atoms with E-state index in [1.54, 1.807) is 23.1 Å². The van der Waals surface area contributed by atoms with E-state index in [1.165, 1.54) is 0 Å². The lowest BCUT2D eigenvalue weighted by atomic mass is 10.1. The number of rotatable bonds is 4. The van der Waals surface area contributed by atoms with Gasteiger partial charge in [-0.3, -0.25) is 4.79 Å². The van der Waals surface area contributed by atoms with E-state index in [9.17, 15) is 4.79 Å². The first-order chi connectivity index (χ1) is 7.97. The average molecular weight is 297 g/mol. The highest BCUT2D eigenvalue weighted by Gasteiger charge is 2.19. The van der Waals surface area contributed by atoms with E-state index in [0.717, 1.165) is 4.47 Å². The summed E-state index contributed by atoms with van der Waals surface area (Å²) < 4.78 is 0.867. The second-order valence-electron chi connectivity index (χ2n) is 4.07. The van der Waals surface area contributed by atoms with Crippen molar-refractivity contribution in [2.24, 2.45) is 0 Å². The Morgan fingerprint density at radius 1 is 1.59 bits per heavy atom. The molecule has 0 fully saturated rings. The van der Waals surface area contributed by atoms with Gasteiger partial charge in [0.2, 0.25) is 0 Å². The summed E-state index contributed by atoms with van der Waals surface area (Å²) in [6.45, 7) is 8.12. The van der Waals surface area contributed by atoms with Gasteiger partial charge in [0.15, 0.2) is 0 Å². The summed E-state index contributed by atoms with van der Waals surface area (Å²) in [5, 5.41) is 0. The van der Waals surface area contributed by atoms with Gasteiger partial charge in [0.25, 0.3) is 5.91 Å². The normalized spacial score (nSPS) is 10.4. The van der Waals surface area contributed by atoms with E-state index in [2.05, 4.69) is 22.5 Å². The fourth-order valence-electron chi connectivity index (χ4n) is 1.55. The van der Waals surface area contributed by atoms with Gasteiger partial charge >= 0.3 is 0 Å². The van der Waals surface area contributed by atoms with Crippen LogP contribution in [0.15, 0.2) is 35.3 Å². The third-order valence-electron chi connectivity index (χ3n) is 2.45. The van der Waals surface area contributed by atoms with Crippen LogP contribution >= 0.6 is 15.9 Å². The number of hydrogen-bond acceptors (Lipinski definition) is 2. The van der Waals surface area contributed by atoms with Crippen molar-refractivity contribution in [1.29, 1.82) is 0 Å². The third kappa shape index (κ3) is 3.33. The molecule has 0 bridgehead atoms. The van der Waals surface area contributed by atoms with Gasteiger partial charge in [-0.05, 0) is 32.0 Å². The third-order valence-corrected chi connectivity index (χ3v) is 2.95. The van der Waals surface area contributed by atoms with Crippen molar-refractivity contribution in [3.05, 3.63) is 40.9 Å². The van der Waals surface area contributed by atoms with Crippen LogP contribution in [0.5, 0.6) is 0 Å². The SMILES string of the molecule is C=CCN(C(=O)c1ccc(Br)cc1N)C(C)C.